The Morgan fingerprint density at radius 2 is 2.33 bits per heavy atom. The first-order chi connectivity index (χ1) is 7.10. The topological polar surface area (TPSA) is 63.3 Å². The minimum Gasteiger partial charge on any atom is -0.481 e. The first-order valence-corrected chi connectivity index (χ1v) is 6.69. The lowest BCUT2D eigenvalue weighted by atomic mass is 9.80. The summed E-state index contributed by atoms with van der Waals surface area (Å²) < 4.78 is 0.331. The first-order valence-electron chi connectivity index (χ1n) is 5.71. The number of rotatable bonds is 2. The highest BCUT2D eigenvalue weighted by Crippen LogP contribution is 2.50. The molecular formula is C11H19NO2S. The Kier molecular flexibility index (Phi) is 3.26. The predicted molar refractivity (Wildman–Crippen MR) is 62.0 cm³/mol. The average molecular weight is 229 g/mol. The molecule has 1 spiro atoms. The normalized spacial score (nSPS) is 40.9. The van der Waals surface area contributed by atoms with Gasteiger partial charge in [0.25, 0.3) is 0 Å². The molecule has 3 atom stereocenters. The van der Waals surface area contributed by atoms with Gasteiger partial charge in [-0.3, -0.25) is 4.79 Å². The predicted octanol–water partition coefficient (Wildman–Crippen LogP) is 1.85. The van der Waals surface area contributed by atoms with Crippen molar-refractivity contribution in [1.82, 2.24) is 0 Å². The maximum Gasteiger partial charge on any atom is 0.303 e. The molecule has 0 radical (unpaired) electrons. The third-order valence-corrected chi connectivity index (χ3v) is 5.38. The average Bonchev–Trinajstić information content (AvgIpc) is 2.47. The van der Waals surface area contributed by atoms with Crippen LogP contribution in [-0.2, 0) is 4.79 Å². The van der Waals surface area contributed by atoms with Gasteiger partial charge in [0.05, 0.1) is 0 Å². The van der Waals surface area contributed by atoms with Crippen LogP contribution in [0.4, 0.5) is 0 Å². The van der Waals surface area contributed by atoms with Gasteiger partial charge in [-0.2, -0.15) is 11.8 Å². The van der Waals surface area contributed by atoms with E-state index >= 15 is 0 Å². The van der Waals surface area contributed by atoms with Crippen LogP contribution < -0.4 is 5.73 Å². The van der Waals surface area contributed by atoms with Gasteiger partial charge in [-0.05, 0) is 37.4 Å². The molecule has 4 heteroatoms. The van der Waals surface area contributed by atoms with Crippen molar-refractivity contribution in [3.8, 4) is 0 Å². The van der Waals surface area contributed by atoms with E-state index in [4.69, 9.17) is 10.8 Å². The summed E-state index contributed by atoms with van der Waals surface area (Å²) in [5, 5.41) is 8.78. The van der Waals surface area contributed by atoms with Gasteiger partial charge >= 0.3 is 5.97 Å². The first kappa shape index (κ1) is 11.3. The van der Waals surface area contributed by atoms with E-state index in [0.717, 1.165) is 25.0 Å². The van der Waals surface area contributed by atoms with Gasteiger partial charge in [0.1, 0.15) is 0 Å². The molecule has 1 aliphatic carbocycles. The SMILES string of the molecule is NC1CCCC2(C1)CC(CC(=O)O)CS2. The van der Waals surface area contributed by atoms with E-state index in [1.807, 2.05) is 11.8 Å². The van der Waals surface area contributed by atoms with Gasteiger partial charge in [0.2, 0.25) is 0 Å². The molecule has 2 aliphatic rings. The summed E-state index contributed by atoms with van der Waals surface area (Å²) in [6.07, 6.45) is 6.09. The minimum atomic E-state index is -0.655. The van der Waals surface area contributed by atoms with Crippen molar-refractivity contribution in [3.05, 3.63) is 0 Å². The molecule has 3 N–H and O–H groups in total. The lowest BCUT2D eigenvalue weighted by molar-refractivity contribution is -0.137. The van der Waals surface area contributed by atoms with Gasteiger partial charge in [-0.15, -0.1) is 0 Å². The van der Waals surface area contributed by atoms with Crippen LogP contribution in [-0.4, -0.2) is 27.6 Å². The van der Waals surface area contributed by atoms with Crippen LogP contribution in [0.15, 0.2) is 0 Å². The Morgan fingerprint density at radius 1 is 1.53 bits per heavy atom. The Morgan fingerprint density at radius 3 is 3.00 bits per heavy atom. The summed E-state index contributed by atoms with van der Waals surface area (Å²) in [7, 11) is 0. The fourth-order valence-corrected chi connectivity index (χ4v) is 4.80. The molecule has 0 aromatic carbocycles. The molecular weight excluding hydrogens is 210 g/mol. The number of carbonyl (C=O) groups is 1. The van der Waals surface area contributed by atoms with Crippen LogP contribution in [0, 0.1) is 5.92 Å². The number of aliphatic carboxylic acids is 1. The van der Waals surface area contributed by atoms with Gasteiger partial charge in [0.15, 0.2) is 0 Å². The number of thioether (sulfide) groups is 1. The second-order valence-electron chi connectivity index (χ2n) is 5.02. The highest BCUT2D eigenvalue weighted by Gasteiger charge is 2.42. The number of hydrogen-bond acceptors (Lipinski definition) is 3. The molecule has 0 bridgehead atoms. The van der Waals surface area contributed by atoms with Crippen molar-refractivity contribution < 1.29 is 9.90 Å². The Labute approximate surface area is 94.8 Å². The van der Waals surface area contributed by atoms with Crippen molar-refractivity contribution in [3.63, 3.8) is 0 Å². The summed E-state index contributed by atoms with van der Waals surface area (Å²) in [6.45, 7) is 0. The Bertz CT molecular complexity index is 259. The highest BCUT2D eigenvalue weighted by molar-refractivity contribution is 8.00. The van der Waals surface area contributed by atoms with Crippen molar-refractivity contribution in [2.24, 2.45) is 11.7 Å². The van der Waals surface area contributed by atoms with E-state index < -0.39 is 5.97 Å². The minimum absolute atomic E-state index is 0.331. The second-order valence-corrected chi connectivity index (χ2v) is 6.51. The summed E-state index contributed by atoms with van der Waals surface area (Å²) >= 11 is 1.98. The van der Waals surface area contributed by atoms with Crippen molar-refractivity contribution in [1.29, 1.82) is 0 Å². The van der Waals surface area contributed by atoms with E-state index in [-0.39, 0.29) is 0 Å². The molecule has 3 nitrogen and oxygen atoms in total. The third-order valence-electron chi connectivity index (χ3n) is 3.59. The number of carboxylic acids is 1. The number of hydrogen-bond donors (Lipinski definition) is 2. The lowest BCUT2D eigenvalue weighted by Gasteiger charge is -2.36. The van der Waals surface area contributed by atoms with Gasteiger partial charge in [-0.1, -0.05) is 6.42 Å². The fourth-order valence-electron chi connectivity index (χ4n) is 3.00. The van der Waals surface area contributed by atoms with Gasteiger partial charge in [0, 0.05) is 17.2 Å². The third kappa shape index (κ3) is 2.67. The summed E-state index contributed by atoms with van der Waals surface area (Å²) in [5.74, 6) is 0.731. The zero-order valence-electron chi connectivity index (χ0n) is 8.95. The Hall–Kier alpha value is -0.220. The largest absolute Gasteiger partial charge is 0.481 e. The number of nitrogens with two attached hydrogens (primary N) is 1. The maximum atomic E-state index is 10.7. The zero-order chi connectivity index (χ0) is 10.9. The highest BCUT2D eigenvalue weighted by atomic mass is 32.2. The molecule has 0 amide bonds. The smallest absolute Gasteiger partial charge is 0.303 e. The monoisotopic (exact) mass is 229 g/mol. The van der Waals surface area contributed by atoms with Gasteiger partial charge < -0.3 is 10.8 Å². The maximum absolute atomic E-state index is 10.7. The molecule has 0 aromatic rings. The van der Waals surface area contributed by atoms with Crippen LogP contribution >= 0.6 is 11.8 Å². The molecule has 3 unspecified atom stereocenters. The summed E-state index contributed by atoms with van der Waals surface area (Å²) in [6, 6.07) is 0.342. The van der Waals surface area contributed by atoms with Crippen LogP contribution in [0.25, 0.3) is 0 Å². The van der Waals surface area contributed by atoms with E-state index in [1.54, 1.807) is 0 Å². The van der Waals surface area contributed by atoms with E-state index in [9.17, 15) is 4.79 Å². The molecule has 1 heterocycles. The molecule has 1 aliphatic heterocycles. The Balaban J connectivity index is 1.92. The van der Waals surface area contributed by atoms with Crippen LogP contribution in [0.1, 0.15) is 38.5 Å². The molecule has 1 saturated carbocycles. The molecule has 1 saturated heterocycles. The summed E-state index contributed by atoms with van der Waals surface area (Å²) in [5.41, 5.74) is 6.01. The van der Waals surface area contributed by atoms with E-state index in [1.165, 1.54) is 12.8 Å². The van der Waals surface area contributed by atoms with Crippen molar-refractivity contribution >= 4 is 17.7 Å². The van der Waals surface area contributed by atoms with Crippen LogP contribution in [0.5, 0.6) is 0 Å². The quantitative estimate of drug-likeness (QED) is 0.758. The fraction of sp³-hybridized carbons (Fsp3) is 0.909. The zero-order valence-corrected chi connectivity index (χ0v) is 9.76. The van der Waals surface area contributed by atoms with Crippen LogP contribution in [0.2, 0.25) is 0 Å². The number of carboxylic acid groups (broad SMARTS) is 1. The van der Waals surface area contributed by atoms with Crippen LogP contribution in [0.3, 0.4) is 0 Å². The second kappa shape index (κ2) is 4.34. The molecule has 15 heavy (non-hydrogen) atoms. The molecule has 0 aromatic heterocycles. The summed E-state index contributed by atoms with van der Waals surface area (Å²) in [4.78, 5) is 10.7. The van der Waals surface area contributed by atoms with E-state index in [0.29, 0.717) is 23.1 Å². The van der Waals surface area contributed by atoms with Crippen molar-refractivity contribution in [2.45, 2.75) is 49.3 Å². The van der Waals surface area contributed by atoms with E-state index in [2.05, 4.69) is 0 Å². The standard InChI is InChI=1S/C11H19NO2S/c12-9-2-1-3-11(6-9)5-8(7-15-11)4-10(13)14/h8-9H,1-7,12H2,(H,13,14). The lowest BCUT2D eigenvalue weighted by Crippen LogP contribution is -2.37. The van der Waals surface area contributed by atoms with Crippen molar-refractivity contribution in [2.75, 3.05) is 5.75 Å². The molecule has 2 rings (SSSR count). The molecule has 2 fully saturated rings. The molecule has 86 valence electrons. The van der Waals surface area contributed by atoms with Gasteiger partial charge in [-0.25, -0.2) is 0 Å².